The number of rotatable bonds is 6. The summed E-state index contributed by atoms with van der Waals surface area (Å²) in [5, 5.41) is 10.4. The molecule has 0 amide bonds. The van der Waals surface area contributed by atoms with Crippen LogP contribution in [0.25, 0.3) is 0 Å². The Morgan fingerprint density at radius 2 is 2.05 bits per heavy atom. The summed E-state index contributed by atoms with van der Waals surface area (Å²) in [5.41, 5.74) is 1.46. The van der Waals surface area contributed by atoms with Gasteiger partial charge >= 0.3 is 0 Å². The van der Waals surface area contributed by atoms with Crippen LogP contribution >= 0.6 is 0 Å². The number of pyridine rings is 1. The Balaban J connectivity index is 2.06. The highest BCUT2D eigenvalue weighted by Crippen LogP contribution is 2.07. The predicted octanol–water partition coefficient (Wildman–Crippen LogP) is 0.0695. The Labute approximate surface area is 117 Å². The molecule has 0 fully saturated rings. The van der Waals surface area contributed by atoms with Crippen molar-refractivity contribution in [2.45, 2.75) is 18.1 Å². The molecular weight excluding hydrogens is 278 g/mol. The molecule has 2 aromatic rings. The smallest absolute Gasteiger partial charge is 0.258 e. The number of nitrogens with one attached hydrogen (secondary N) is 2. The lowest BCUT2D eigenvalue weighted by Gasteiger charge is -2.06. The molecule has 8 heteroatoms. The van der Waals surface area contributed by atoms with E-state index in [9.17, 15) is 8.42 Å². The van der Waals surface area contributed by atoms with Crippen molar-refractivity contribution in [1.82, 2.24) is 25.2 Å². The van der Waals surface area contributed by atoms with Gasteiger partial charge in [0.1, 0.15) is 0 Å². The van der Waals surface area contributed by atoms with Gasteiger partial charge in [0.15, 0.2) is 5.03 Å². The van der Waals surface area contributed by atoms with Crippen LogP contribution in [-0.4, -0.2) is 30.6 Å². The summed E-state index contributed by atoms with van der Waals surface area (Å²) in [6.45, 7) is 0.719. The van der Waals surface area contributed by atoms with Crippen molar-refractivity contribution in [3.63, 3.8) is 0 Å². The van der Waals surface area contributed by atoms with E-state index in [-0.39, 0.29) is 11.6 Å². The highest BCUT2D eigenvalue weighted by molar-refractivity contribution is 7.89. The molecule has 2 aromatic heterocycles. The van der Waals surface area contributed by atoms with Gasteiger partial charge in [-0.15, -0.1) is 0 Å². The fraction of sp³-hybridized carbons (Fsp3) is 0.250. The maximum absolute atomic E-state index is 12.0. The van der Waals surface area contributed by atoms with Crippen LogP contribution in [0.1, 0.15) is 11.3 Å². The lowest BCUT2D eigenvalue weighted by Crippen LogP contribution is -2.24. The van der Waals surface area contributed by atoms with Crippen LogP contribution in [0.3, 0.4) is 0 Å². The van der Waals surface area contributed by atoms with E-state index in [1.807, 2.05) is 7.05 Å². The fourth-order valence-electron chi connectivity index (χ4n) is 1.55. The Morgan fingerprint density at radius 3 is 2.65 bits per heavy atom. The molecule has 0 bridgehead atoms. The van der Waals surface area contributed by atoms with Crippen LogP contribution in [0, 0.1) is 0 Å². The summed E-state index contributed by atoms with van der Waals surface area (Å²) < 4.78 is 26.5. The zero-order chi connectivity index (χ0) is 14.4. The summed E-state index contributed by atoms with van der Waals surface area (Å²) in [5.74, 6) is 0. The average molecular weight is 293 g/mol. The largest absolute Gasteiger partial charge is 0.316 e. The number of hydrogen-bond donors (Lipinski definition) is 2. The van der Waals surface area contributed by atoms with Crippen molar-refractivity contribution in [3.05, 3.63) is 47.9 Å². The van der Waals surface area contributed by atoms with E-state index in [1.165, 1.54) is 18.5 Å². The third-order valence-electron chi connectivity index (χ3n) is 2.52. The Hall–Kier alpha value is -1.90. The van der Waals surface area contributed by atoms with Crippen LogP contribution in [0.5, 0.6) is 0 Å². The van der Waals surface area contributed by atoms with Gasteiger partial charge in [-0.2, -0.15) is 10.2 Å². The Kier molecular flexibility index (Phi) is 4.72. The van der Waals surface area contributed by atoms with Gasteiger partial charge in [-0.1, -0.05) is 6.07 Å². The second kappa shape index (κ2) is 6.51. The van der Waals surface area contributed by atoms with E-state index in [1.54, 1.807) is 18.2 Å². The number of nitrogens with zero attached hydrogens (tertiary/aromatic N) is 3. The minimum absolute atomic E-state index is 0.0127. The van der Waals surface area contributed by atoms with Crippen molar-refractivity contribution in [1.29, 1.82) is 0 Å². The summed E-state index contributed by atoms with van der Waals surface area (Å²) in [6.07, 6.45) is 3.06. The van der Waals surface area contributed by atoms with E-state index < -0.39 is 10.0 Å². The first kappa shape index (κ1) is 14.5. The van der Waals surface area contributed by atoms with Gasteiger partial charge in [0.05, 0.1) is 12.2 Å². The molecule has 0 aromatic carbocycles. The zero-order valence-corrected chi connectivity index (χ0v) is 11.8. The third-order valence-corrected chi connectivity index (χ3v) is 3.84. The van der Waals surface area contributed by atoms with Crippen LogP contribution in [-0.2, 0) is 23.1 Å². The SMILES string of the molecule is CNCc1ccc(S(=O)(=O)NCc2cccnn2)nc1. The normalized spacial score (nSPS) is 11.4. The highest BCUT2D eigenvalue weighted by Gasteiger charge is 2.15. The van der Waals surface area contributed by atoms with Crippen molar-refractivity contribution >= 4 is 10.0 Å². The molecule has 2 rings (SSSR count). The molecular formula is C12H15N5O2S. The van der Waals surface area contributed by atoms with Crippen molar-refractivity contribution in [2.75, 3.05) is 7.05 Å². The van der Waals surface area contributed by atoms with E-state index in [0.717, 1.165) is 5.56 Å². The quantitative estimate of drug-likeness (QED) is 0.782. The predicted molar refractivity (Wildman–Crippen MR) is 73.1 cm³/mol. The second-order valence-corrected chi connectivity index (χ2v) is 5.79. The van der Waals surface area contributed by atoms with Crippen LogP contribution < -0.4 is 10.0 Å². The number of aromatic nitrogens is 3. The van der Waals surface area contributed by atoms with Crippen molar-refractivity contribution in [3.8, 4) is 0 Å². The molecule has 0 saturated carbocycles. The van der Waals surface area contributed by atoms with Gasteiger partial charge in [-0.3, -0.25) is 0 Å². The second-order valence-electron chi connectivity index (χ2n) is 4.07. The first-order valence-corrected chi connectivity index (χ1v) is 7.46. The topological polar surface area (TPSA) is 96.9 Å². The minimum Gasteiger partial charge on any atom is -0.316 e. The van der Waals surface area contributed by atoms with E-state index >= 15 is 0 Å². The van der Waals surface area contributed by atoms with Crippen LogP contribution in [0.15, 0.2) is 41.7 Å². The molecule has 2 heterocycles. The van der Waals surface area contributed by atoms with Gasteiger partial charge < -0.3 is 5.32 Å². The molecule has 7 nitrogen and oxygen atoms in total. The van der Waals surface area contributed by atoms with Crippen molar-refractivity contribution in [2.24, 2.45) is 0 Å². The minimum atomic E-state index is -3.64. The molecule has 106 valence electrons. The maximum atomic E-state index is 12.0. The molecule has 0 aliphatic heterocycles. The van der Waals surface area contributed by atoms with Gasteiger partial charge in [0.25, 0.3) is 10.0 Å². The highest BCUT2D eigenvalue weighted by atomic mass is 32.2. The lowest BCUT2D eigenvalue weighted by atomic mass is 10.3. The van der Waals surface area contributed by atoms with Crippen molar-refractivity contribution < 1.29 is 8.42 Å². The molecule has 0 saturated heterocycles. The average Bonchev–Trinajstić information content (AvgIpc) is 2.47. The van der Waals surface area contributed by atoms with Crippen LogP contribution in [0.2, 0.25) is 0 Å². The fourth-order valence-corrected chi connectivity index (χ4v) is 2.47. The molecule has 0 radical (unpaired) electrons. The van der Waals surface area contributed by atoms with E-state index in [0.29, 0.717) is 12.2 Å². The summed E-state index contributed by atoms with van der Waals surface area (Å²) in [7, 11) is -1.83. The molecule has 2 N–H and O–H groups in total. The summed E-state index contributed by atoms with van der Waals surface area (Å²) in [4.78, 5) is 3.95. The molecule has 0 aliphatic rings. The van der Waals surface area contributed by atoms with Gasteiger partial charge in [-0.05, 0) is 30.8 Å². The maximum Gasteiger partial charge on any atom is 0.258 e. The molecule has 20 heavy (non-hydrogen) atoms. The van der Waals surface area contributed by atoms with E-state index in [2.05, 4.69) is 25.2 Å². The zero-order valence-electron chi connectivity index (χ0n) is 10.9. The van der Waals surface area contributed by atoms with Crippen LogP contribution in [0.4, 0.5) is 0 Å². The third kappa shape index (κ3) is 3.80. The molecule has 0 spiro atoms. The van der Waals surface area contributed by atoms with E-state index in [4.69, 9.17) is 0 Å². The van der Waals surface area contributed by atoms with Gasteiger partial charge in [-0.25, -0.2) is 18.1 Å². The number of hydrogen-bond acceptors (Lipinski definition) is 6. The molecule has 0 unspecified atom stereocenters. The standard InChI is InChI=1S/C12H15N5O2S/c1-13-7-10-4-5-12(14-8-10)20(18,19)16-9-11-3-2-6-15-17-11/h2-6,8,13,16H,7,9H2,1H3. The Morgan fingerprint density at radius 1 is 1.20 bits per heavy atom. The van der Waals surface area contributed by atoms with Gasteiger partial charge in [0.2, 0.25) is 0 Å². The summed E-state index contributed by atoms with van der Waals surface area (Å²) in [6, 6.07) is 6.59. The lowest BCUT2D eigenvalue weighted by molar-refractivity contribution is 0.576. The first-order chi connectivity index (χ1) is 9.62. The number of sulfonamides is 1. The monoisotopic (exact) mass is 293 g/mol. The summed E-state index contributed by atoms with van der Waals surface area (Å²) >= 11 is 0. The molecule has 0 aliphatic carbocycles. The first-order valence-electron chi connectivity index (χ1n) is 5.97. The Bertz CT molecular complexity index is 643. The van der Waals surface area contributed by atoms with Gasteiger partial charge in [0, 0.05) is 18.9 Å². The molecule has 0 atom stereocenters.